The number of fused-ring (bicyclic) bond motifs is 1. The summed E-state index contributed by atoms with van der Waals surface area (Å²) in [7, 11) is 0. The number of hydrogen-bond acceptors (Lipinski definition) is 7. The molecule has 154 valence electrons. The molecule has 2 aromatic carbocycles. The van der Waals surface area contributed by atoms with Crippen LogP contribution in [0.5, 0.6) is 0 Å². The first kappa shape index (κ1) is 21.0. The van der Waals surface area contributed by atoms with Gasteiger partial charge in [0, 0.05) is 42.8 Å². The van der Waals surface area contributed by atoms with Gasteiger partial charge in [0.25, 0.3) is 5.69 Å². The van der Waals surface area contributed by atoms with Gasteiger partial charge in [0.2, 0.25) is 0 Å². The maximum Gasteiger partial charge on any atom is 0.302 e. The minimum Gasteiger partial charge on any atom is -0.392 e. The Balaban J connectivity index is 1.78. The van der Waals surface area contributed by atoms with Crippen molar-refractivity contribution in [1.29, 1.82) is 0 Å². The summed E-state index contributed by atoms with van der Waals surface area (Å²) in [4.78, 5) is 23.8. The molecule has 1 heterocycles. The highest BCUT2D eigenvalue weighted by atomic mass is 35.5. The van der Waals surface area contributed by atoms with Crippen molar-refractivity contribution >= 4 is 28.7 Å². The van der Waals surface area contributed by atoms with Gasteiger partial charge < -0.3 is 10.4 Å². The molecule has 0 saturated heterocycles. The van der Waals surface area contributed by atoms with E-state index in [9.17, 15) is 25.3 Å². The number of nitrogens with one attached hydrogen (secondary N) is 1. The number of aliphatic hydroxyl groups excluding tert-OH is 1. The molecule has 0 aliphatic carbocycles. The van der Waals surface area contributed by atoms with Crippen LogP contribution in [0.1, 0.15) is 22.3 Å². The second kappa shape index (κ2) is 8.73. The Morgan fingerprint density at radius 1 is 1.28 bits per heavy atom. The predicted molar refractivity (Wildman–Crippen MR) is 109 cm³/mol. The number of benzene rings is 2. The molecule has 0 atom stereocenters. The maximum atomic E-state index is 11.6. The highest BCUT2D eigenvalue weighted by Gasteiger charge is 2.30. The Kier molecular flexibility index (Phi) is 6.31. The first-order valence-electron chi connectivity index (χ1n) is 9.12. The first-order chi connectivity index (χ1) is 13.8. The van der Waals surface area contributed by atoms with Crippen LogP contribution < -0.4 is 5.32 Å². The minimum atomic E-state index is -0.674. The van der Waals surface area contributed by atoms with Crippen molar-refractivity contribution in [3.63, 3.8) is 0 Å². The summed E-state index contributed by atoms with van der Waals surface area (Å²) in [6, 6.07) is 6.98. The van der Waals surface area contributed by atoms with E-state index >= 15 is 0 Å². The molecule has 1 aliphatic heterocycles. The van der Waals surface area contributed by atoms with E-state index in [4.69, 9.17) is 11.6 Å². The molecule has 0 saturated carbocycles. The van der Waals surface area contributed by atoms with Gasteiger partial charge in [-0.25, -0.2) is 0 Å². The summed E-state index contributed by atoms with van der Waals surface area (Å²) < 4.78 is 0. The number of halogens is 1. The van der Waals surface area contributed by atoms with E-state index in [-0.39, 0.29) is 22.5 Å². The van der Waals surface area contributed by atoms with Crippen LogP contribution in [0.2, 0.25) is 5.02 Å². The van der Waals surface area contributed by atoms with Crippen molar-refractivity contribution in [2.75, 3.05) is 25.0 Å². The number of anilines is 1. The van der Waals surface area contributed by atoms with E-state index < -0.39 is 22.1 Å². The van der Waals surface area contributed by atoms with Gasteiger partial charge in [-0.05, 0) is 36.1 Å². The lowest BCUT2D eigenvalue weighted by Crippen LogP contribution is -2.34. The molecule has 0 aromatic heterocycles. The molecule has 29 heavy (non-hydrogen) atoms. The van der Waals surface area contributed by atoms with Gasteiger partial charge in [0.05, 0.1) is 16.5 Å². The molecule has 0 bridgehead atoms. The zero-order chi connectivity index (χ0) is 21.1. The highest BCUT2D eigenvalue weighted by Crippen LogP contribution is 2.39. The summed E-state index contributed by atoms with van der Waals surface area (Å²) in [6.07, 6.45) is 0.805. The summed E-state index contributed by atoms with van der Waals surface area (Å²) in [5.74, 6) is 0. The summed E-state index contributed by atoms with van der Waals surface area (Å²) in [5.41, 5.74) is 1.74. The molecule has 1 aliphatic rings. The second-order valence-corrected chi connectivity index (χ2v) is 7.31. The zero-order valence-electron chi connectivity index (χ0n) is 15.9. The number of nitro benzene ring substituents is 2. The van der Waals surface area contributed by atoms with E-state index in [1.165, 1.54) is 13.0 Å². The normalized spacial score (nSPS) is 13.8. The quantitative estimate of drug-likeness (QED) is 0.519. The van der Waals surface area contributed by atoms with Crippen LogP contribution in [-0.2, 0) is 19.6 Å². The molecule has 3 rings (SSSR count). The standard InChI is InChI=1S/C19H21ClN4O5/c1-12-14(11-25)9-17(23(26)27)18(19(12)24(28)29)21-6-8-22-7-5-15-13(10-22)3-2-4-16(15)20/h2-4,9,21,25H,5-8,10-11H2,1H3. The third-order valence-corrected chi connectivity index (χ3v) is 5.56. The lowest BCUT2D eigenvalue weighted by molar-refractivity contribution is -0.392. The lowest BCUT2D eigenvalue weighted by atomic mass is 10.00. The fourth-order valence-electron chi connectivity index (χ4n) is 3.67. The Morgan fingerprint density at radius 2 is 2.03 bits per heavy atom. The number of nitro groups is 2. The van der Waals surface area contributed by atoms with E-state index in [1.54, 1.807) is 0 Å². The van der Waals surface area contributed by atoms with Crippen LogP contribution in [0, 0.1) is 27.2 Å². The summed E-state index contributed by atoms with van der Waals surface area (Å²) in [6.45, 7) is 3.30. The molecule has 10 heteroatoms. The van der Waals surface area contributed by atoms with Crippen LogP contribution in [0.15, 0.2) is 24.3 Å². The first-order valence-corrected chi connectivity index (χ1v) is 9.49. The SMILES string of the molecule is Cc1c(CO)cc([N+](=O)[O-])c(NCCN2CCc3c(Cl)cccc3C2)c1[N+](=O)[O-]. The van der Waals surface area contributed by atoms with Gasteiger partial charge in [-0.1, -0.05) is 23.7 Å². The molecule has 0 unspecified atom stereocenters. The molecule has 0 fully saturated rings. The molecule has 0 spiro atoms. The third kappa shape index (κ3) is 4.31. The Hall–Kier alpha value is -2.75. The van der Waals surface area contributed by atoms with Crippen molar-refractivity contribution in [3.8, 4) is 0 Å². The van der Waals surface area contributed by atoms with Gasteiger partial charge in [0.1, 0.15) is 0 Å². The van der Waals surface area contributed by atoms with Crippen molar-refractivity contribution in [1.82, 2.24) is 4.90 Å². The van der Waals surface area contributed by atoms with Gasteiger partial charge in [-0.2, -0.15) is 0 Å². The van der Waals surface area contributed by atoms with E-state index in [0.29, 0.717) is 19.6 Å². The fourth-order valence-corrected chi connectivity index (χ4v) is 3.96. The van der Waals surface area contributed by atoms with Gasteiger partial charge in [-0.15, -0.1) is 0 Å². The second-order valence-electron chi connectivity index (χ2n) is 6.91. The number of aliphatic hydroxyl groups is 1. The molecule has 2 N–H and O–H groups in total. The lowest BCUT2D eigenvalue weighted by Gasteiger charge is -2.29. The van der Waals surface area contributed by atoms with E-state index in [1.807, 2.05) is 18.2 Å². The van der Waals surface area contributed by atoms with E-state index in [2.05, 4.69) is 10.2 Å². The van der Waals surface area contributed by atoms with Crippen molar-refractivity contribution in [3.05, 3.63) is 71.8 Å². The number of nitrogens with zero attached hydrogens (tertiary/aromatic N) is 3. The number of rotatable bonds is 7. The summed E-state index contributed by atoms with van der Waals surface area (Å²) >= 11 is 6.23. The fraction of sp³-hybridized carbons (Fsp3) is 0.368. The third-order valence-electron chi connectivity index (χ3n) is 5.21. The monoisotopic (exact) mass is 420 g/mol. The molecular formula is C19H21ClN4O5. The smallest absolute Gasteiger partial charge is 0.302 e. The van der Waals surface area contributed by atoms with Crippen LogP contribution in [0.4, 0.5) is 17.1 Å². The van der Waals surface area contributed by atoms with E-state index in [0.717, 1.165) is 29.1 Å². The van der Waals surface area contributed by atoms with Crippen LogP contribution >= 0.6 is 11.6 Å². The Labute approximate surface area is 172 Å². The summed E-state index contributed by atoms with van der Waals surface area (Å²) in [5, 5.41) is 36.0. The average molecular weight is 421 g/mol. The van der Waals surface area contributed by atoms with Crippen molar-refractivity contribution in [2.24, 2.45) is 0 Å². The molecule has 0 amide bonds. The Morgan fingerprint density at radius 3 is 2.69 bits per heavy atom. The molecule has 0 radical (unpaired) electrons. The van der Waals surface area contributed by atoms with Crippen molar-refractivity contribution < 1.29 is 15.0 Å². The molecule has 9 nitrogen and oxygen atoms in total. The van der Waals surface area contributed by atoms with Gasteiger partial charge in [0.15, 0.2) is 5.69 Å². The number of hydrogen-bond donors (Lipinski definition) is 2. The zero-order valence-corrected chi connectivity index (χ0v) is 16.6. The Bertz CT molecular complexity index is 966. The largest absolute Gasteiger partial charge is 0.392 e. The van der Waals surface area contributed by atoms with Crippen LogP contribution in [0.25, 0.3) is 0 Å². The van der Waals surface area contributed by atoms with Gasteiger partial charge in [-0.3, -0.25) is 25.1 Å². The molecule has 2 aromatic rings. The van der Waals surface area contributed by atoms with Crippen LogP contribution in [0.3, 0.4) is 0 Å². The van der Waals surface area contributed by atoms with Crippen molar-refractivity contribution in [2.45, 2.75) is 26.5 Å². The average Bonchev–Trinajstić information content (AvgIpc) is 2.67. The predicted octanol–water partition coefficient (Wildman–Crippen LogP) is 3.43. The maximum absolute atomic E-state index is 11.6. The highest BCUT2D eigenvalue weighted by molar-refractivity contribution is 6.31. The topological polar surface area (TPSA) is 122 Å². The molecular weight excluding hydrogens is 400 g/mol. The van der Waals surface area contributed by atoms with Gasteiger partial charge >= 0.3 is 5.69 Å². The minimum absolute atomic E-state index is 0.129. The van der Waals surface area contributed by atoms with Crippen LogP contribution in [-0.4, -0.2) is 39.5 Å².